The van der Waals surface area contributed by atoms with Gasteiger partial charge in [0.05, 0.1) is 19.3 Å². The molecule has 2 aliphatic rings. The zero-order valence-corrected chi connectivity index (χ0v) is 14.8. The summed E-state index contributed by atoms with van der Waals surface area (Å²) in [6.07, 6.45) is 2.92. The Morgan fingerprint density at radius 1 is 1.15 bits per heavy atom. The summed E-state index contributed by atoms with van der Waals surface area (Å²) in [5.74, 6) is 1.52. The number of fused-ring (bicyclic) bond motifs is 2. The van der Waals surface area contributed by atoms with Gasteiger partial charge in [-0.15, -0.1) is 0 Å². The molecule has 1 heterocycles. The molecule has 0 saturated carbocycles. The van der Waals surface area contributed by atoms with Crippen LogP contribution in [0.25, 0.3) is 0 Å². The van der Waals surface area contributed by atoms with Crippen LogP contribution in [-0.2, 0) is 17.8 Å². The first kappa shape index (κ1) is 17.3. The molecule has 5 heteroatoms. The molecule has 1 aliphatic heterocycles. The molecule has 2 aromatic carbocycles. The van der Waals surface area contributed by atoms with E-state index in [4.69, 9.17) is 14.2 Å². The molecule has 26 heavy (non-hydrogen) atoms. The van der Waals surface area contributed by atoms with E-state index in [0.717, 1.165) is 29.9 Å². The Morgan fingerprint density at radius 2 is 2.04 bits per heavy atom. The fraction of sp³-hybridized carbons (Fsp3) is 0.429. The van der Waals surface area contributed by atoms with Gasteiger partial charge in [0.25, 0.3) is 0 Å². The van der Waals surface area contributed by atoms with Gasteiger partial charge in [0.15, 0.2) is 11.5 Å². The maximum absolute atomic E-state index is 10.2. The van der Waals surface area contributed by atoms with E-state index < -0.39 is 6.10 Å². The zero-order chi connectivity index (χ0) is 17.8. The van der Waals surface area contributed by atoms with Gasteiger partial charge in [0, 0.05) is 12.6 Å². The molecule has 5 nitrogen and oxygen atoms in total. The van der Waals surface area contributed by atoms with Gasteiger partial charge in [0.2, 0.25) is 6.79 Å². The summed E-state index contributed by atoms with van der Waals surface area (Å²) in [6.45, 7) is 1.55. The number of nitrogens with one attached hydrogen (secondary N) is 1. The molecular formula is C21H25NO4. The average Bonchev–Trinajstić information content (AvgIpc) is 3.14. The smallest absolute Gasteiger partial charge is 0.231 e. The zero-order valence-electron chi connectivity index (χ0n) is 14.8. The predicted octanol–water partition coefficient (Wildman–Crippen LogP) is 2.96. The van der Waals surface area contributed by atoms with Crippen molar-refractivity contribution in [3.8, 4) is 11.5 Å². The van der Waals surface area contributed by atoms with E-state index in [0.29, 0.717) is 25.8 Å². The molecule has 2 aromatic rings. The number of rotatable bonds is 7. The second-order valence-corrected chi connectivity index (χ2v) is 6.91. The van der Waals surface area contributed by atoms with Crippen molar-refractivity contribution in [2.45, 2.75) is 38.0 Å². The summed E-state index contributed by atoms with van der Waals surface area (Å²) in [4.78, 5) is 0. The maximum atomic E-state index is 10.2. The van der Waals surface area contributed by atoms with Gasteiger partial charge in [-0.05, 0) is 48.1 Å². The molecule has 0 aromatic heterocycles. The highest BCUT2D eigenvalue weighted by molar-refractivity contribution is 5.44. The monoisotopic (exact) mass is 355 g/mol. The van der Waals surface area contributed by atoms with Gasteiger partial charge in [-0.25, -0.2) is 0 Å². The van der Waals surface area contributed by atoms with E-state index in [1.807, 2.05) is 18.2 Å². The van der Waals surface area contributed by atoms with Crippen molar-refractivity contribution in [1.29, 1.82) is 0 Å². The summed E-state index contributed by atoms with van der Waals surface area (Å²) in [7, 11) is 0. The van der Waals surface area contributed by atoms with Gasteiger partial charge in [0.1, 0.15) is 0 Å². The molecule has 2 N–H and O–H groups in total. The van der Waals surface area contributed by atoms with Crippen LogP contribution in [0, 0.1) is 0 Å². The molecule has 2 atom stereocenters. The van der Waals surface area contributed by atoms with Crippen molar-refractivity contribution in [2.24, 2.45) is 0 Å². The van der Waals surface area contributed by atoms with Crippen molar-refractivity contribution >= 4 is 0 Å². The molecule has 0 unspecified atom stereocenters. The summed E-state index contributed by atoms with van der Waals surface area (Å²) in [5.41, 5.74) is 3.80. The lowest BCUT2D eigenvalue weighted by Gasteiger charge is -2.27. The molecule has 0 amide bonds. The third kappa shape index (κ3) is 4.01. The first-order chi connectivity index (χ1) is 12.8. The van der Waals surface area contributed by atoms with Crippen LogP contribution < -0.4 is 14.8 Å². The fourth-order valence-electron chi connectivity index (χ4n) is 3.65. The summed E-state index contributed by atoms with van der Waals surface area (Å²) < 4.78 is 16.3. The Bertz CT molecular complexity index is 749. The standard InChI is InChI=1S/C21H25NO4/c23-17(11-22-19-7-3-5-16-4-1-2-6-18(16)19)13-24-12-15-8-9-20-21(10-15)26-14-25-20/h1-2,4,6,8-10,17,19,22-23H,3,5,7,11-14H2/t17-,19+/m0/s1. The lowest BCUT2D eigenvalue weighted by atomic mass is 9.88. The largest absolute Gasteiger partial charge is 0.454 e. The number of ether oxygens (including phenoxy) is 3. The summed E-state index contributed by atoms with van der Waals surface area (Å²) in [5, 5.41) is 13.7. The van der Waals surface area contributed by atoms with Crippen LogP contribution in [-0.4, -0.2) is 31.2 Å². The van der Waals surface area contributed by atoms with Crippen LogP contribution in [0.3, 0.4) is 0 Å². The van der Waals surface area contributed by atoms with Crippen molar-refractivity contribution in [3.05, 3.63) is 59.2 Å². The molecule has 0 fully saturated rings. The Balaban J connectivity index is 1.22. The van der Waals surface area contributed by atoms with Crippen molar-refractivity contribution < 1.29 is 19.3 Å². The highest BCUT2D eigenvalue weighted by Crippen LogP contribution is 2.32. The van der Waals surface area contributed by atoms with Gasteiger partial charge >= 0.3 is 0 Å². The SMILES string of the molecule is O[C@@H](CN[C@@H]1CCCc2ccccc21)COCc1ccc2c(c1)OCO2. The van der Waals surface area contributed by atoms with E-state index in [1.165, 1.54) is 17.5 Å². The topological polar surface area (TPSA) is 60.0 Å². The van der Waals surface area contributed by atoms with Crippen molar-refractivity contribution in [3.63, 3.8) is 0 Å². The van der Waals surface area contributed by atoms with E-state index in [1.54, 1.807) is 0 Å². The van der Waals surface area contributed by atoms with Gasteiger partial charge in [-0.1, -0.05) is 30.3 Å². The third-order valence-electron chi connectivity index (χ3n) is 4.99. The molecule has 0 bridgehead atoms. The van der Waals surface area contributed by atoms with E-state index in [-0.39, 0.29) is 6.79 Å². The minimum absolute atomic E-state index is 0.272. The quantitative estimate of drug-likeness (QED) is 0.800. The van der Waals surface area contributed by atoms with Crippen LogP contribution in [0.1, 0.15) is 35.6 Å². The van der Waals surface area contributed by atoms with Crippen molar-refractivity contribution in [1.82, 2.24) is 5.32 Å². The number of aliphatic hydroxyl groups excluding tert-OH is 1. The highest BCUT2D eigenvalue weighted by atomic mass is 16.7. The van der Waals surface area contributed by atoms with Crippen LogP contribution >= 0.6 is 0 Å². The maximum Gasteiger partial charge on any atom is 0.231 e. The van der Waals surface area contributed by atoms with Crippen LogP contribution in [0.5, 0.6) is 11.5 Å². The van der Waals surface area contributed by atoms with Gasteiger partial charge in [-0.3, -0.25) is 0 Å². The molecule has 4 rings (SSSR count). The van der Waals surface area contributed by atoms with Crippen molar-refractivity contribution in [2.75, 3.05) is 19.9 Å². The van der Waals surface area contributed by atoms with E-state index in [2.05, 4.69) is 29.6 Å². The Labute approximate surface area is 153 Å². The number of benzene rings is 2. The first-order valence-electron chi connectivity index (χ1n) is 9.25. The minimum atomic E-state index is -0.530. The molecule has 1 aliphatic carbocycles. The van der Waals surface area contributed by atoms with Crippen LogP contribution in [0.15, 0.2) is 42.5 Å². The number of hydrogen-bond donors (Lipinski definition) is 2. The first-order valence-corrected chi connectivity index (χ1v) is 9.25. The average molecular weight is 355 g/mol. The van der Waals surface area contributed by atoms with Crippen LogP contribution in [0.2, 0.25) is 0 Å². The Hall–Kier alpha value is -2.08. The molecule has 0 radical (unpaired) electrons. The summed E-state index contributed by atoms with van der Waals surface area (Å²) in [6, 6.07) is 14.7. The second-order valence-electron chi connectivity index (χ2n) is 6.91. The summed E-state index contributed by atoms with van der Waals surface area (Å²) >= 11 is 0. The highest BCUT2D eigenvalue weighted by Gasteiger charge is 2.20. The third-order valence-corrected chi connectivity index (χ3v) is 4.99. The molecule has 0 spiro atoms. The normalized spacial score (nSPS) is 19.2. The molecule has 138 valence electrons. The lowest BCUT2D eigenvalue weighted by Crippen LogP contribution is -2.34. The number of aryl methyl sites for hydroxylation is 1. The fourth-order valence-corrected chi connectivity index (χ4v) is 3.65. The number of hydrogen-bond acceptors (Lipinski definition) is 5. The lowest BCUT2D eigenvalue weighted by molar-refractivity contribution is 0.0273. The predicted molar refractivity (Wildman–Crippen MR) is 98.4 cm³/mol. The minimum Gasteiger partial charge on any atom is -0.454 e. The van der Waals surface area contributed by atoms with E-state index in [9.17, 15) is 5.11 Å². The molecule has 0 saturated heterocycles. The van der Waals surface area contributed by atoms with Gasteiger partial charge < -0.3 is 24.6 Å². The molecular weight excluding hydrogens is 330 g/mol. The van der Waals surface area contributed by atoms with Gasteiger partial charge in [-0.2, -0.15) is 0 Å². The number of aliphatic hydroxyl groups is 1. The second kappa shape index (κ2) is 8.08. The van der Waals surface area contributed by atoms with Crippen LogP contribution in [0.4, 0.5) is 0 Å². The van der Waals surface area contributed by atoms with E-state index >= 15 is 0 Å². The Morgan fingerprint density at radius 3 is 3.00 bits per heavy atom. The Kier molecular flexibility index (Phi) is 5.39.